The van der Waals surface area contributed by atoms with Crippen molar-refractivity contribution >= 4 is 20.2 Å². The van der Waals surface area contributed by atoms with Gasteiger partial charge >= 0.3 is 31.3 Å². The number of benzene rings is 1. The third-order valence-electron chi connectivity index (χ3n) is 4.40. The zero-order chi connectivity index (χ0) is 24.7. The van der Waals surface area contributed by atoms with Crippen LogP contribution in [0.1, 0.15) is 17.4 Å². The molecule has 17 heteroatoms. The number of alkyl halides is 6. The Morgan fingerprint density at radius 1 is 0.939 bits per heavy atom. The molecule has 0 spiro atoms. The molecule has 0 radical (unpaired) electrons. The molecule has 1 aromatic heterocycles. The van der Waals surface area contributed by atoms with E-state index in [4.69, 9.17) is 4.74 Å². The lowest BCUT2D eigenvalue weighted by Gasteiger charge is -2.37. The average Bonchev–Trinajstić information content (AvgIpc) is 3.14. The van der Waals surface area contributed by atoms with Crippen molar-refractivity contribution in [3.8, 4) is 0 Å². The van der Waals surface area contributed by atoms with Crippen LogP contribution < -0.4 is 0 Å². The van der Waals surface area contributed by atoms with Crippen molar-refractivity contribution in [1.29, 1.82) is 0 Å². The van der Waals surface area contributed by atoms with Crippen LogP contribution in [0.5, 0.6) is 0 Å². The molecule has 1 aliphatic heterocycles. The van der Waals surface area contributed by atoms with Crippen molar-refractivity contribution in [2.45, 2.75) is 42.5 Å². The van der Waals surface area contributed by atoms with E-state index in [-0.39, 0.29) is 12.3 Å². The lowest BCUT2D eigenvalue weighted by Crippen LogP contribution is -2.49. The maximum absolute atomic E-state index is 12.9. The summed E-state index contributed by atoms with van der Waals surface area (Å²) in [6, 6.07) is 7.92. The molecule has 0 aliphatic carbocycles. The Bertz CT molecular complexity index is 1180. The highest BCUT2D eigenvalue weighted by molar-refractivity contribution is 7.88. The van der Waals surface area contributed by atoms with Gasteiger partial charge in [0, 0.05) is 0 Å². The Morgan fingerprint density at radius 3 is 2.09 bits per heavy atom. The molecule has 0 bridgehead atoms. The number of rotatable bonds is 7. The summed E-state index contributed by atoms with van der Waals surface area (Å²) in [5.74, 6) is 0. The van der Waals surface area contributed by atoms with Gasteiger partial charge < -0.3 is 9.30 Å². The van der Waals surface area contributed by atoms with E-state index < -0.39 is 56.1 Å². The second-order valence-electron chi connectivity index (χ2n) is 6.68. The second-order valence-corrected chi connectivity index (χ2v) is 9.81. The minimum absolute atomic E-state index is 0.0717. The first-order valence-corrected chi connectivity index (χ1v) is 11.6. The molecule has 3 rings (SSSR count). The summed E-state index contributed by atoms with van der Waals surface area (Å²) < 4.78 is 138. The van der Waals surface area contributed by atoms with Crippen molar-refractivity contribution < 1.29 is 56.3 Å². The minimum atomic E-state index is -6.39. The van der Waals surface area contributed by atoms with Gasteiger partial charge in [-0.05, 0) is 5.56 Å². The van der Waals surface area contributed by atoms with Crippen LogP contribution in [-0.2, 0) is 46.5 Å². The van der Waals surface area contributed by atoms with Crippen LogP contribution in [0.2, 0.25) is 0 Å². The van der Waals surface area contributed by atoms with E-state index in [1.54, 1.807) is 30.3 Å². The van der Waals surface area contributed by atoms with E-state index in [0.717, 1.165) is 17.1 Å². The van der Waals surface area contributed by atoms with Gasteiger partial charge in [0.2, 0.25) is 0 Å². The number of hydrogen-bond acceptors (Lipinski definition) is 8. The number of nitrogens with zero attached hydrogens (tertiary/aromatic N) is 2. The Hall–Kier alpha value is -2.21. The van der Waals surface area contributed by atoms with E-state index in [0.29, 0.717) is 5.56 Å². The third kappa shape index (κ3) is 5.48. The molecule has 9 nitrogen and oxygen atoms in total. The van der Waals surface area contributed by atoms with Crippen LogP contribution >= 0.6 is 0 Å². The molecule has 0 amide bonds. The van der Waals surface area contributed by atoms with Crippen LogP contribution in [0, 0.1) is 0 Å². The molecule has 1 aliphatic rings. The second kappa shape index (κ2) is 8.86. The minimum Gasteiger partial charge on any atom is -0.364 e. The summed E-state index contributed by atoms with van der Waals surface area (Å²) in [7, 11) is -12.7. The maximum atomic E-state index is 12.9. The number of fused-ring (bicyclic) bond motifs is 1. The highest BCUT2D eigenvalue weighted by Crippen LogP contribution is 2.39. The fraction of sp³-hybridized carbons (Fsp3) is 0.438. The normalized spacial score (nSPS) is 22.2. The Labute approximate surface area is 183 Å². The number of aromatic nitrogens is 2. The first-order chi connectivity index (χ1) is 15.1. The molecule has 0 saturated carbocycles. The van der Waals surface area contributed by atoms with Crippen molar-refractivity contribution in [3.05, 3.63) is 54.1 Å². The molecule has 0 saturated heterocycles. The zero-order valence-corrected chi connectivity index (χ0v) is 17.7. The Kier molecular flexibility index (Phi) is 6.82. The van der Waals surface area contributed by atoms with Gasteiger partial charge in [-0.3, -0.25) is 8.37 Å². The molecule has 3 atom stereocenters. The molecule has 0 unspecified atom stereocenters. The quantitative estimate of drug-likeness (QED) is 0.309. The van der Waals surface area contributed by atoms with E-state index in [9.17, 15) is 43.2 Å². The van der Waals surface area contributed by atoms with Crippen molar-refractivity contribution in [1.82, 2.24) is 9.55 Å². The Balaban J connectivity index is 2.02. The van der Waals surface area contributed by atoms with Crippen LogP contribution in [-0.4, -0.2) is 49.6 Å². The summed E-state index contributed by atoms with van der Waals surface area (Å²) in [5.41, 5.74) is -11.5. The first-order valence-electron chi connectivity index (χ1n) is 8.77. The predicted octanol–water partition coefficient (Wildman–Crippen LogP) is 2.62. The lowest BCUT2D eigenvalue weighted by atomic mass is 10.0. The average molecular weight is 524 g/mol. The number of halogens is 6. The van der Waals surface area contributed by atoms with Gasteiger partial charge in [0.15, 0.2) is 0 Å². The van der Waals surface area contributed by atoms with Crippen LogP contribution in [0.25, 0.3) is 0 Å². The van der Waals surface area contributed by atoms with Crippen LogP contribution in [0.4, 0.5) is 26.3 Å². The molecule has 33 heavy (non-hydrogen) atoms. The molecular weight excluding hydrogens is 510 g/mol. The molecule has 0 fully saturated rings. The summed E-state index contributed by atoms with van der Waals surface area (Å²) in [5, 5.41) is 0. The predicted molar refractivity (Wildman–Crippen MR) is 95.9 cm³/mol. The fourth-order valence-corrected chi connectivity index (χ4v) is 4.17. The molecule has 1 aromatic carbocycles. The van der Waals surface area contributed by atoms with Gasteiger partial charge in [-0.15, -0.1) is 0 Å². The van der Waals surface area contributed by atoms with Gasteiger partial charge in [0.1, 0.15) is 18.3 Å². The summed E-state index contributed by atoms with van der Waals surface area (Å²) in [6.07, 6.45) is -4.54. The van der Waals surface area contributed by atoms with Gasteiger partial charge in [-0.25, -0.2) is 4.98 Å². The van der Waals surface area contributed by atoms with E-state index in [2.05, 4.69) is 13.4 Å². The molecule has 184 valence electrons. The smallest absolute Gasteiger partial charge is 0.364 e. The zero-order valence-electron chi connectivity index (χ0n) is 16.0. The van der Waals surface area contributed by atoms with E-state index in [1.807, 2.05) is 0 Å². The highest BCUT2D eigenvalue weighted by atomic mass is 32.2. The van der Waals surface area contributed by atoms with E-state index in [1.165, 1.54) is 0 Å². The topological polar surface area (TPSA) is 114 Å². The van der Waals surface area contributed by atoms with Gasteiger partial charge in [0.05, 0.1) is 31.4 Å². The SMILES string of the molecule is O=S(=O)(O[C@H]1[C@H](OCc2ccccc2)c2cncn2C[C@H]1OS(=O)(=O)C(F)(F)F)C(F)(F)F. The largest absolute Gasteiger partial charge is 0.523 e. The van der Waals surface area contributed by atoms with Crippen molar-refractivity contribution in [2.75, 3.05) is 0 Å². The lowest BCUT2D eigenvalue weighted by molar-refractivity contribution is -0.116. The maximum Gasteiger partial charge on any atom is 0.523 e. The first kappa shape index (κ1) is 25.4. The fourth-order valence-electron chi connectivity index (χ4n) is 2.94. The summed E-state index contributed by atoms with van der Waals surface area (Å²) in [4.78, 5) is 3.70. The molecule has 2 aromatic rings. The number of hydrogen-bond donors (Lipinski definition) is 0. The van der Waals surface area contributed by atoms with Gasteiger partial charge in [0.25, 0.3) is 0 Å². The number of ether oxygens (including phenoxy) is 1. The molecule has 2 heterocycles. The van der Waals surface area contributed by atoms with Gasteiger partial charge in [-0.1, -0.05) is 30.3 Å². The third-order valence-corrected chi connectivity index (χ3v) is 6.51. The standard InChI is InChI=1S/C16H14F6N2O7S2/c17-15(18,19)32(25,26)30-12-7-24-9-23-6-11(24)13(29-8-10-4-2-1-3-5-10)14(12)31-33(27,28)16(20,21)22/h1-6,9,12-14H,7-8H2/t12-,13-,14-/m1/s1. The molecular formula is C16H14F6N2O7S2. The number of imidazole rings is 1. The van der Waals surface area contributed by atoms with Crippen LogP contribution in [0.15, 0.2) is 42.9 Å². The van der Waals surface area contributed by atoms with Crippen molar-refractivity contribution in [3.63, 3.8) is 0 Å². The van der Waals surface area contributed by atoms with Crippen molar-refractivity contribution in [2.24, 2.45) is 0 Å². The van der Waals surface area contributed by atoms with Crippen LogP contribution in [0.3, 0.4) is 0 Å². The highest BCUT2D eigenvalue weighted by Gasteiger charge is 2.55. The summed E-state index contributed by atoms with van der Waals surface area (Å²) in [6.45, 7) is -1.17. The van der Waals surface area contributed by atoms with E-state index >= 15 is 0 Å². The molecule has 0 N–H and O–H groups in total. The summed E-state index contributed by atoms with van der Waals surface area (Å²) >= 11 is 0. The monoisotopic (exact) mass is 524 g/mol. The van der Waals surface area contributed by atoms with Gasteiger partial charge in [-0.2, -0.15) is 43.2 Å². The Morgan fingerprint density at radius 2 is 1.52 bits per heavy atom.